The van der Waals surface area contributed by atoms with Gasteiger partial charge in [0.05, 0.1) is 6.10 Å². The molecule has 0 bridgehead atoms. The topological polar surface area (TPSA) is 54.4 Å². The number of rotatable bonds is 0. The van der Waals surface area contributed by atoms with Gasteiger partial charge in [0.25, 0.3) is 0 Å². The largest absolute Gasteiger partial charge is 0.393 e. The molecule has 0 spiro atoms. The average molecular weight is 320 g/mol. The molecule has 23 heavy (non-hydrogen) atoms. The zero-order valence-electron chi connectivity index (χ0n) is 13.8. The van der Waals surface area contributed by atoms with Crippen LogP contribution in [0.1, 0.15) is 52.4 Å². The van der Waals surface area contributed by atoms with Crippen molar-refractivity contribution in [1.29, 1.82) is 0 Å². The number of alkyl halides is 1. The number of halogens is 1. The van der Waals surface area contributed by atoms with Gasteiger partial charge in [0.1, 0.15) is 0 Å². The van der Waals surface area contributed by atoms with Crippen molar-refractivity contribution in [2.75, 3.05) is 0 Å². The summed E-state index contributed by atoms with van der Waals surface area (Å²) in [6.07, 6.45) is 3.91. The van der Waals surface area contributed by atoms with E-state index in [0.29, 0.717) is 12.8 Å². The van der Waals surface area contributed by atoms with E-state index in [9.17, 15) is 19.1 Å². The van der Waals surface area contributed by atoms with Gasteiger partial charge in [-0.05, 0) is 61.9 Å². The maximum Gasteiger partial charge on any atom is 0.173 e. The molecular formula is C19H25FO3. The molecule has 3 fully saturated rings. The van der Waals surface area contributed by atoms with Gasteiger partial charge in [0, 0.05) is 11.3 Å². The van der Waals surface area contributed by atoms with Gasteiger partial charge in [-0.3, -0.25) is 9.59 Å². The Morgan fingerprint density at radius 2 is 1.83 bits per heavy atom. The van der Waals surface area contributed by atoms with E-state index in [-0.39, 0.29) is 47.3 Å². The molecule has 0 aliphatic heterocycles. The lowest BCUT2D eigenvalue weighted by atomic mass is 9.48. The lowest BCUT2D eigenvalue weighted by Gasteiger charge is -2.55. The fourth-order valence-electron chi connectivity index (χ4n) is 6.14. The highest BCUT2D eigenvalue weighted by molar-refractivity contribution is 5.97. The van der Waals surface area contributed by atoms with Crippen LogP contribution in [-0.2, 0) is 9.59 Å². The number of ketones is 2. The predicted octanol–water partition coefficient (Wildman–Crippen LogP) is 3.01. The first-order chi connectivity index (χ1) is 10.8. The Labute approximate surface area is 136 Å². The summed E-state index contributed by atoms with van der Waals surface area (Å²) in [5.74, 6) is -0.402. The van der Waals surface area contributed by atoms with Crippen molar-refractivity contribution >= 4 is 11.6 Å². The summed E-state index contributed by atoms with van der Waals surface area (Å²) in [5, 5.41) is 9.96. The molecule has 0 amide bonds. The van der Waals surface area contributed by atoms with E-state index in [1.807, 2.05) is 6.92 Å². The van der Waals surface area contributed by atoms with Crippen molar-refractivity contribution in [3.05, 3.63) is 11.6 Å². The van der Waals surface area contributed by atoms with Gasteiger partial charge in [-0.15, -0.1) is 0 Å². The van der Waals surface area contributed by atoms with Crippen LogP contribution in [0.2, 0.25) is 0 Å². The van der Waals surface area contributed by atoms with Crippen molar-refractivity contribution in [2.45, 2.75) is 64.6 Å². The van der Waals surface area contributed by atoms with Crippen molar-refractivity contribution in [1.82, 2.24) is 0 Å². The third-order valence-corrected chi connectivity index (χ3v) is 7.62. The first-order valence-corrected chi connectivity index (χ1v) is 8.89. The standard InChI is InChI=1S/C19H25FO3/c1-18-5-3-11(21)7-10(18)8-15(22)16-12(18)4-6-19(2)13(16)9-14(20)17(19)23/h8,11-14,16,21H,3-7,9H2,1-2H3/t11-,12-,13-,14+,16+,18-,19-/m0/s1. The highest BCUT2D eigenvalue weighted by Crippen LogP contribution is 2.63. The van der Waals surface area contributed by atoms with E-state index < -0.39 is 11.6 Å². The van der Waals surface area contributed by atoms with Crippen LogP contribution < -0.4 is 0 Å². The highest BCUT2D eigenvalue weighted by atomic mass is 19.1. The van der Waals surface area contributed by atoms with Crippen molar-refractivity contribution in [2.24, 2.45) is 28.6 Å². The van der Waals surface area contributed by atoms with Crippen LogP contribution in [0.5, 0.6) is 0 Å². The number of Topliss-reactive ketones (excluding diaryl/α,β-unsaturated/α-hetero) is 1. The zero-order chi connectivity index (χ0) is 16.6. The Balaban J connectivity index is 1.76. The lowest BCUT2D eigenvalue weighted by molar-refractivity contribution is -0.140. The molecule has 1 N–H and O–H groups in total. The molecule has 0 radical (unpaired) electrons. The van der Waals surface area contributed by atoms with Gasteiger partial charge in [-0.25, -0.2) is 4.39 Å². The Kier molecular flexibility index (Phi) is 3.20. The zero-order valence-corrected chi connectivity index (χ0v) is 13.8. The summed E-state index contributed by atoms with van der Waals surface area (Å²) in [7, 11) is 0. The fraction of sp³-hybridized carbons (Fsp3) is 0.789. The van der Waals surface area contributed by atoms with E-state index in [2.05, 4.69) is 6.92 Å². The molecule has 0 aromatic rings. The molecule has 0 heterocycles. The van der Waals surface area contributed by atoms with Gasteiger partial charge < -0.3 is 5.11 Å². The predicted molar refractivity (Wildman–Crippen MR) is 83.4 cm³/mol. The average Bonchev–Trinajstić information content (AvgIpc) is 2.73. The van der Waals surface area contributed by atoms with E-state index in [1.54, 1.807) is 6.08 Å². The minimum atomic E-state index is -1.40. The summed E-state index contributed by atoms with van der Waals surface area (Å²) in [6, 6.07) is 0. The molecule has 7 atom stereocenters. The van der Waals surface area contributed by atoms with Crippen molar-refractivity contribution in [3.8, 4) is 0 Å². The maximum absolute atomic E-state index is 14.1. The van der Waals surface area contributed by atoms with Gasteiger partial charge in [-0.1, -0.05) is 19.4 Å². The first kappa shape index (κ1) is 15.5. The smallest absolute Gasteiger partial charge is 0.173 e. The van der Waals surface area contributed by atoms with Crippen LogP contribution in [0.15, 0.2) is 11.6 Å². The number of carbonyl (C=O) groups excluding carboxylic acids is 2. The SMILES string of the molecule is C[C@]12CC[C@H](O)CC1=CC(=O)[C@@H]1[C@@H]2CC[C@]2(C)C(=O)[C@H](F)C[C@@H]12. The Morgan fingerprint density at radius 3 is 2.57 bits per heavy atom. The number of hydrogen-bond donors (Lipinski definition) is 1. The number of carbonyl (C=O) groups is 2. The Hall–Kier alpha value is -1.03. The number of fused-ring (bicyclic) bond motifs is 5. The Bertz CT molecular complexity index is 612. The van der Waals surface area contributed by atoms with E-state index in [4.69, 9.17) is 0 Å². The molecule has 4 aliphatic carbocycles. The molecule has 0 saturated heterocycles. The minimum absolute atomic E-state index is 0.0643. The summed E-state index contributed by atoms with van der Waals surface area (Å²) in [6.45, 7) is 4.08. The van der Waals surface area contributed by atoms with E-state index in [0.717, 1.165) is 24.8 Å². The second-order valence-corrected chi connectivity index (χ2v) is 8.65. The number of aliphatic hydroxyl groups is 1. The number of allylic oxidation sites excluding steroid dienone is 1. The van der Waals surface area contributed by atoms with Crippen LogP contribution in [0.3, 0.4) is 0 Å². The summed E-state index contributed by atoms with van der Waals surface area (Å²) >= 11 is 0. The second kappa shape index (κ2) is 4.75. The summed E-state index contributed by atoms with van der Waals surface area (Å²) in [4.78, 5) is 25.2. The van der Waals surface area contributed by atoms with Gasteiger partial charge in [0.15, 0.2) is 17.7 Å². The monoisotopic (exact) mass is 320 g/mol. The molecule has 4 rings (SSSR count). The molecule has 0 aromatic carbocycles. The van der Waals surface area contributed by atoms with Crippen LogP contribution in [0.4, 0.5) is 4.39 Å². The van der Waals surface area contributed by atoms with Crippen LogP contribution in [-0.4, -0.2) is 28.9 Å². The maximum atomic E-state index is 14.1. The fourth-order valence-corrected chi connectivity index (χ4v) is 6.14. The van der Waals surface area contributed by atoms with Crippen LogP contribution in [0.25, 0.3) is 0 Å². The number of hydrogen-bond acceptors (Lipinski definition) is 3. The van der Waals surface area contributed by atoms with Crippen molar-refractivity contribution < 1.29 is 19.1 Å². The molecule has 4 heteroatoms. The molecule has 3 nitrogen and oxygen atoms in total. The lowest BCUT2D eigenvalue weighted by Crippen LogP contribution is -2.53. The Morgan fingerprint density at radius 1 is 1.13 bits per heavy atom. The summed E-state index contributed by atoms with van der Waals surface area (Å²) < 4.78 is 14.1. The molecule has 0 aromatic heterocycles. The van der Waals surface area contributed by atoms with E-state index >= 15 is 0 Å². The van der Waals surface area contributed by atoms with Crippen molar-refractivity contribution in [3.63, 3.8) is 0 Å². The third kappa shape index (κ3) is 1.90. The quantitative estimate of drug-likeness (QED) is 0.746. The van der Waals surface area contributed by atoms with Crippen LogP contribution in [0, 0.1) is 28.6 Å². The van der Waals surface area contributed by atoms with Gasteiger partial charge in [0.2, 0.25) is 0 Å². The van der Waals surface area contributed by atoms with Gasteiger partial charge in [-0.2, -0.15) is 0 Å². The third-order valence-electron chi connectivity index (χ3n) is 7.62. The van der Waals surface area contributed by atoms with E-state index in [1.165, 1.54) is 0 Å². The minimum Gasteiger partial charge on any atom is -0.393 e. The number of aliphatic hydroxyl groups excluding tert-OH is 1. The molecule has 3 saturated carbocycles. The normalized spacial score (nSPS) is 52.5. The highest BCUT2D eigenvalue weighted by Gasteiger charge is 2.63. The van der Waals surface area contributed by atoms with Crippen LogP contribution >= 0.6 is 0 Å². The molecule has 126 valence electrons. The molecular weight excluding hydrogens is 295 g/mol. The summed E-state index contributed by atoms with van der Waals surface area (Å²) in [5.41, 5.74) is 0.343. The molecule has 4 aliphatic rings. The van der Waals surface area contributed by atoms with Gasteiger partial charge >= 0.3 is 0 Å². The molecule has 0 unspecified atom stereocenters. The second-order valence-electron chi connectivity index (χ2n) is 8.65. The first-order valence-electron chi connectivity index (χ1n) is 8.89.